The van der Waals surface area contributed by atoms with Crippen molar-refractivity contribution in [3.05, 3.63) is 35.4 Å². The lowest BCUT2D eigenvalue weighted by molar-refractivity contribution is 0.0696. The summed E-state index contributed by atoms with van der Waals surface area (Å²) in [7, 11) is 3.81. The lowest BCUT2D eigenvalue weighted by atomic mass is 10.1. The van der Waals surface area contributed by atoms with Gasteiger partial charge in [-0.1, -0.05) is 12.1 Å². The molecule has 4 nitrogen and oxygen atoms in total. The zero-order valence-corrected chi connectivity index (χ0v) is 9.43. The van der Waals surface area contributed by atoms with Gasteiger partial charge in [-0.25, -0.2) is 4.79 Å². The summed E-state index contributed by atoms with van der Waals surface area (Å²) in [5, 5.41) is 8.70. The summed E-state index contributed by atoms with van der Waals surface area (Å²) in [5.41, 5.74) is 0.760. The lowest BCUT2D eigenvalue weighted by Crippen LogP contribution is -2.16. The van der Waals surface area contributed by atoms with Crippen molar-refractivity contribution in [2.75, 3.05) is 20.6 Å². The molecule has 0 bridgehead atoms. The molecule has 1 aromatic rings. The maximum absolute atomic E-state index is 11.7. The molecule has 0 aliphatic rings. The van der Waals surface area contributed by atoms with Crippen molar-refractivity contribution in [2.45, 2.75) is 6.42 Å². The molecule has 0 spiro atoms. The molecule has 0 aliphatic heterocycles. The number of Topliss-reactive ketones (excluding diaryl/α,β-unsaturated/α-hetero) is 1. The van der Waals surface area contributed by atoms with E-state index in [1.165, 1.54) is 12.1 Å². The number of carboxylic acid groups (broad SMARTS) is 1. The van der Waals surface area contributed by atoms with Crippen LogP contribution in [0.1, 0.15) is 27.1 Å². The fourth-order valence-electron chi connectivity index (χ4n) is 1.27. The first kappa shape index (κ1) is 12.4. The SMILES string of the molecule is CN(C)CCC(=O)c1ccc(C(=O)O)cc1. The molecule has 0 amide bonds. The Labute approximate surface area is 94.5 Å². The molecule has 86 valence electrons. The van der Waals surface area contributed by atoms with E-state index in [4.69, 9.17) is 5.11 Å². The summed E-state index contributed by atoms with van der Waals surface area (Å²) >= 11 is 0. The van der Waals surface area contributed by atoms with Crippen LogP contribution in [0.3, 0.4) is 0 Å². The van der Waals surface area contributed by atoms with Crippen LogP contribution in [0.4, 0.5) is 0 Å². The second-order valence-electron chi connectivity index (χ2n) is 3.86. The predicted molar refractivity (Wildman–Crippen MR) is 60.9 cm³/mol. The van der Waals surface area contributed by atoms with Crippen LogP contribution < -0.4 is 0 Å². The number of carbonyl (C=O) groups excluding carboxylic acids is 1. The molecule has 0 atom stereocenters. The average molecular weight is 221 g/mol. The highest BCUT2D eigenvalue weighted by Gasteiger charge is 2.07. The zero-order chi connectivity index (χ0) is 12.1. The second kappa shape index (κ2) is 5.42. The summed E-state index contributed by atoms with van der Waals surface area (Å²) < 4.78 is 0. The van der Waals surface area contributed by atoms with Crippen LogP contribution in [-0.4, -0.2) is 42.4 Å². The van der Waals surface area contributed by atoms with E-state index < -0.39 is 5.97 Å². The minimum Gasteiger partial charge on any atom is -0.478 e. The molecule has 0 aliphatic carbocycles. The van der Waals surface area contributed by atoms with Crippen LogP contribution in [0.2, 0.25) is 0 Å². The summed E-state index contributed by atoms with van der Waals surface area (Å²) in [6, 6.07) is 6.01. The normalized spacial score (nSPS) is 10.4. The summed E-state index contributed by atoms with van der Waals surface area (Å²) in [6.45, 7) is 0.694. The number of benzene rings is 1. The fourth-order valence-corrected chi connectivity index (χ4v) is 1.27. The van der Waals surface area contributed by atoms with Gasteiger partial charge in [-0.3, -0.25) is 4.79 Å². The van der Waals surface area contributed by atoms with E-state index in [1.807, 2.05) is 19.0 Å². The molecule has 0 heterocycles. The molecule has 0 fully saturated rings. The number of ketones is 1. The molecule has 1 aromatic carbocycles. The molecular weight excluding hydrogens is 206 g/mol. The zero-order valence-electron chi connectivity index (χ0n) is 9.43. The number of nitrogens with zero attached hydrogens (tertiary/aromatic N) is 1. The number of carbonyl (C=O) groups is 2. The van der Waals surface area contributed by atoms with E-state index in [0.29, 0.717) is 18.5 Å². The van der Waals surface area contributed by atoms with E-state index in [1.54, 1.807) is 12.1 Å². The highest BCUT2D eigenvalue weighted by atomic mass is 16.4. The monoisotopic (exact) mass is 221 g/mol. The Hall–Kier alpha value is -1.68. The summed E-state index contributed by atoms with van der Waals surface area (Å²) in [4.78, 5) is 24.2. The number of aromatic carboxylic acids is 1. The van der Waals surface area contributed by atoms with Crippen LogP contribution in [-0.2, 0) is 0 Å². The standard InChI is InChI=1S/C12H15NO3/c1-13(2)8-7-11(14)9-3-5-10(6-4-9)12(15)16/h3-6H,7-8H2,1-2H3,(H,15,16). The van der Waals surface area contributed by atoms with Gasteiger partial charge >= 0.3 is 5.97 Å². The molecule has 4 heteroatoms. The maximum atomic E-state index is 11.7. The van der Waals surface area contributed by atoms with Gasteiger partial charge in [0.2, 0.25) is 0 Å². The Bertz CT molecular complexity index is 382. The lowest BCUT2D eigenvalue weighted by Gasteiger charge is -2.08. The third-order valence-electron chi connectivity index (χ3n) is 2.24. The molecule has 0 saturated heterocycles. The molecule has 1 N–H and O–H groups in total. The molecular formula is C12H15NO3. The highest BCUT2D eigenvalue weighted by molar-refractivity contribution is 5.97. The Morgan fingerprint density at radius 3 is 2.06 bits per heavy atom. The minimum absolute atomic E-state index is 0.0330. The maximum Gasteiger partial charge on any atom is 0.335 e. The van der Waals surface area contributed by atoms with Crippen LogP contribution in [0, 0.1) is 0 Å². The Kier molecular flexibility index (Phi) is 4.19. The van der Waals surface area contributed by atoms with Crippen molar-refractivity contribution < 1.29 is 14.7 Å². The van der Waals surface area contributed by atoms with Crippen molar-refractivity contribution in [2.24, 2.45) is 0 Å². The van der Waals surface area contributed by atoms with E-state index in [9.17, 15) is 9.59 Å². The first-order valence-corrected chi connectivity index (χ1v) is 5.02. The van der Waals surface area contributed by atoms with Crippen LogP contribution in [0.25, 0.3) is 0 Å². The van der Waals surface area contributed by atoms with Crippen LogP contribution in [0.5, 0.6) is 0 Å². The minimum atomic E-state index is -0.979. The Morgan fingerprint density at radius 2 is 1.62 bits per heavy atom. The third-order valence-corrected chi connectivity index (χ3v) is 2.24. The van der Waals surface area contributed by atoms with Crippen molar-refractivity contribution in [1.29, 1.82) is 0 Å². The van der Waals surface area contributed by atoms with Gasteiger partial charge in [0.15, 0.2) is 5.78 Å². The summed E-state index contributed by atoms with van der Waals surface area (Å²) in [5.74, 6) is -0.946. The third kappa shape index (κ3) is 3.47. The first-order chi connectivity index (χ1) is 7.50. The smallest absolute Gasteiger partial charge is 0.335 e. The largest absolute Gasteiger partial charge is 0.478 e. The van der Waals surface area contributed by atoms with Crippen molar-refractivity contribution in [3.63, 3.8) is 0 Å². The summed E-state index contributed by atoms with van der Waals surface area (Å²) in [6.07, 6.45) is 0.444. The Morgan fingerprint density at radius 1 is 1.12 bits per heavy atom. The topological polar surface area (TPSA) is 57.6 Å². The van der Waals surface area contributed by atoms with Gasteiger partial charge in [0.1, 0.15) is 0 Å². The predicted octanol–water partition coefficient (Wildman–Crippen LogP) is 1.52. The Balaban J connectivity index is 2.67. The van der Waals surface area contributed by atoms with Gasteiger partial charge in [-0.2, -0.15) is 0 Å². The van der Waals surface area contributed by atoms with Gasteiger partial charge < -0.3 is 10.0 Å². The van der Waals surface area contributed by atoms with Crippen LogP contribution in [0.15, 0.2) is 24.3 Å². The molecule has 0 aromatic heterocycles. The highest BCUT2D eigenvalue weighted by Crippen LogP contribution is 2.07. The van der Waals surface area contributed by atoms with Gasteiger partial charge in [-0.05, 0) is 26.2 Å². The van der Waals surface area contributed by atoms with E-state index in [0.717, 1.165) is 0 Å². The first-order valence-electron chi connectivity index (χ1n) is 5.02. The fraction of sp³-hybridized carbons (Fsp3) is 0.333. The van der Waals surface area contributed by atoms with Crippen LogP contribution >= 0.6 is 0 Å². The number of carboxylic acids is 1. The average Bonchev–Trinajstić information content (AvgIpc) is 2.26. The number of rotatable bonds is 5. The molecule has 0 saturated carbocycles. The van der Waals surface area contributed by atoms with E-state index in [2.05, 4.69) is 0 Å². The van der Waals surface area contributed by atoms with Crippen molar-refractivity contribution >= 4 is 11.8 Å². The van der Waals surface area contributed by atoms with Gasteiger partial charge in [0.25, 0.3) is 0 Å². The van der Waals surface area contributed by atoms with Gasteiger partial charge in [-0.15, -0.1) is 0 Å². The molecule has 0 unspecified atom stereocenters. The second-order valence-corrected chi connectivity index (χ2v) is 3.86. The number of hydrogen-bond acceptors (Lipinski definition) is 3. The van der Waals surface area contributed by atoms with Gasteiger partial charge in [0.05, 0.1) is 5.56 Å². The molecule has 16 heavy (non-hydrogen) atoms. The van der Waals surface area contributed by atoms with Crippen molar-refractivity contribution in [1.82, 2.24) is 4.90 Å². The quantitative estimate of drug-likeness (QED) is 0.766. The van der Waals surface area contributed by atoms with E-state index in [-0.39, 0.29) is 11.3 Å². The molecule has 0 radical (unpaired) electrons. The van der Waals surface area contributed by atoms with Crippen molar-refractivity contribution in [3.8, 4) is 0 Å². The van der Waals surface area contributed by atoms with Gasteiger partial charge in [0, 0.05) is 18.5 Å². The molecule has 1 rings (SSSR count). The number of hydrogen-bond donors (Lipinski definition) is 1. The van der Waals surface area contributed by atoms with E-state index >= 15 is 0 Å².